The summed E-state index contributed by atoms with van der Waals surface area (Å²) in [6.07, 6.45) is 2.79. The van der Waals surface area contributed by atoms with E-state index in [2.05, 4.69) is 25.7 Å². The summed E-state index contributed by atoms with van der Waals surface area (Å²) in [5.74, 6) is 0.816. The Hall–Kier alpha value is -0.160. The fraction of sp³-hybridized carbons (Fsp3) is 1.00. The predicted molar refractivity (Wildman–Crippen MR) is 74.7 cm³/mol. The highest BCUT2D eigenvalue weighted by atomic mass is 16.5. The van der Waals surface area contributed by atoms with Gasteiger partial charge in [0.2, 0.25) is 0 Å². The number of methoxy groups -OCH3 is 2. The molecule has 0 aromatic rings. The third-order valence-corrected chi connectivity index (χ3v) is 4.63. The van der Waals surface area contributed by atoms with Crippen LogP contribution in [0.15, 0.2) is 0 Å². The van der Waals surface area contributed by atoms with Crippen molar-refractivity contribution in [1.29, 1.82) is 0 Å². The summed E-state index contributed by atoms with van der Waals surface area (Å²) < 4.78 is 10.8. The van der Waals surface area contributed by atoms with Crippen molar-refractivity contribution in [3.63, 3.8) is 0 Å². The molecular weight excluding hydrogens is 228 g/mol. The van der Waals surface area contributed by atoms with Gasteiger partial charge < -0.3 is 15.2 Å². The van der Waals surface area contributed by atoms with Gasteiger partial charge in [0.05, 0.1) is 18.2 Å². The topological polar surface area (TPSA) is 47.7 Å². The van der Waals surface area contributed by atoms with Gasteiger partial charge in [-0.3, -0.25) is 4.90 Å². The molecule has 1 aliphatic carbocycles. The molecule has 3 atom stereocenters. The Bertz CT molecular complexity index is 246. The van der Waals surface area contributed by atoms with Gasteiger partial charge in [-0.25, -0.2) is 0 Å². The van der Waals surface area contributed by atoms with Gasteiger partial charge in [-0.15, -0.1) is 0 Å². The highest BCUT2D eigenvalue weighted by Gasteiger charge is 2.43. The van der Waals surface area contributed by atoms with E-state index in [-0.39, 0.29) is 11.6 Å². The predicted octanol–water partition coefficient (Wildman–Crippen LogP) is 1.49. The van der Waals surface area contributed by atoms with Crippen LogP contribution in [-0.4, -0.2) is 56.5 Å². The highest BCUT2D eigenvalue weighted by Crippen LogP contribution is 2.38. The number of rotatable bonds is 9. The summed E-state index contributed by atoms with van der Waals surface area (Å²) in [5.41, 5.74) is 5.92. The lowest BCUT2D eigenvalue weighted by atomic mass is 9.90. The average molecular weight is 258 g/mol. The maximum absolute atomic E-state index is 6.05. The van der Waals surface area contributed by atoms with E-state index in [0.717, 1.165) is 19.1 Å². The number of hydrogen-bond acceptors (Lipinski definition) is 4. The molecule has 1 aliphatic rings. The summed E-state index contributed by atoms with van der Waals surface area (Å²) in [6, 6.07) is 0.547. The smallest absolute Gasteiger partial charge is 0.0736 e. The third kappa shape index (κ3) is 3.44. The first-order chi connectivity index (χ1) is 8.51. The van der Waals surface area contributed by atoms with Crippen LogP contribution in [-0.2, 0) is 9.47 Å². The molecule has 0 amide bonds. The second-order valence-electron chi connectivity index (χ2n) is 5.70. The van der Waals surface area contributed by atoms with Crippen LogP contribution in [0, 0.1) is 5.92 Å². The van der Waals surface area contributed by atoms with E-state index in [4.69, 9.17) is 15.2 Å². The largest absolute Gasteiger partial charge is 0.383 e. The van der Waals surface area contributed by atoms with Crippen LogP contribution in [0.3, 0.4) is 0 Å². The van der Waals surface area contributed by atoms with Gasteiger partial charge in [-0.05, 0) is 39.5 Å². The first-order valence-electron chi connectivity index (χ1n) is 6.99. The van der Waals surface area contributed by atoms with Crippen molar-refractivity contribution in [3.05, 3.63) is 0 Å². The van der Waals surface area contributed by atoms with Crippen LogP contribution in [0.4, 0.5) is 0 Å². The molecule has 0 aliphatic heterocycles. The lowest BCUT2D eigenvalue weighted by molar-refractivity contribution is -0.0595. The Morgan fingerprint density at radius 1 is 1.33 bits per heavy atom. The molecule has 0 heterocycles. The van der Waals surface area contributed by atoms with Crippen molar-refractivity contribution in [2.45, 2.75) is 51.3 Å². The molecule has 18 heavy (non-hydrogen) atoms. The molecule has 2 N–H and O–H groups in total. The molecule has 1 saturated carbocycles. The monoisotopic (exact) mass is 258 g/mol. The SMILES string of the molecule is COCCN(C(C)C1CC1)C(C)(CN)C(C)OC. The van der Waals surface area contributed by atoms with E-state index in [1.807, 2.05) is 0 Å². The Kier molecular flexibility index (Phi) is 6.05. The van der Waals surface area contributed by atoms with Gasteiger partial charge in [-0.2, -0.15) is 0 Å². The van der Waals surface area contributed by atoms with Crippen molar-refractivity contribution in [3.8, 4) is 0 Å². The zero-order chi connectivity index (χ0) is 13.8. The van der Waals surface area contributed by atoms with Crippen LogP contribution in [0.5, 0.6) is 0 Å². The van der Waals surface area contributed by atoms with E-state index in [0.29, 0.717) is 12.6 Å². The van der Waals surface area contributed by atoms with Gasteiger partial charge in [0, 0.05) is 33.4 Å². The molecule has 1 rings (SSSR count). The van der Waals surface area contributed by atoms with E-state index < -0.39 is 0 Å². The van der Waals surface area contributed by atoms with Crippen molar-refractivity contribution < 1.29 is 9.47 Å². The zero-order valence-electron chi connectivity index (χ0n) is 12.6. The number of hydrogen-bond donors (Lipinski definition) is 1. The Morgan fingerprint density at radius 2 is 1.94 bits per heavy atom. The fourth-order valence-corrected chi connectivity index (χ4v) is 2.72. The van der Waals surface area contributed by atoms with E-state index in [1.54, 1.807) is 14.2 Å². The second kappa shape index (κ2) is 6.85. The van der Waals surface area contributed by atoms with Gasteiger partial charge in [0.1, 0.15) is 0 Å². The Labute approximate surface area is 112 Å². The minimum atomic E-state index is -0.130. The first-order valence-corrected chi connectivity index (χ1v) is 6.99. The first kappa shape index (κ1) is 15.9. The van der Waals surface area contributed by atoms with Crippen LogP contribution >= 0.6 is 0 Å². The minimum absolute atomic E-state index is 0.112. The summed E-state index contributed by atoms with van der Waals surface area (Å²) >= 11 is 0. The van der Waals surface area contributed by atoms with E-state index >= 15 is 0 Å². The molecule has 0 bridgehead atoms. The van der Waals surface area contributed by atoms with Crippen molar-refractivity contribution in [2.24, 2.45) is 11.7 Å². The molecule has 0 aromatic heterocycles. The molecule has 0 aromatic carbocycles. The normalized spacial score (nSPS) is 22.8. The fourth-order valence-electron chi connectivity index (χ4n) is 2.72. The summed E-state index contributed by atoms with van der Waals surface area (Å²) in [6.45, 7) is 8.87. The lowest BCUT2D eigenvalue weighted by Gasteiger charge is -2.47. The molecule has 4 heteroatoms. The standard InChI is InChI=1S/C14H30N2O2/c1-11(13-6-7-13)16(8-9-17-4)14(3,10-15)12(2)18-5/h11-13H,6-10,15H2,1-5H3. The molecule has 1 fully saturated rings. The van der Waals surface area contributed by atoms with Crippen LogP contribution in [0.1, 0.15) is 33.6 Å². The molecule has 3 unspecified atom stereocenters. The molecule has 108 valence electrons. The number of ether oxygens (including phenoxy) is 2. The van der Waals surface area contributed by atoms with E-state index in [1.165, 1.54) is 12.8 Å². The maximum Gasteiger partial charge on any atom is 0.0736 e. The van der Waals surface area contributed by atoms with Gasteiger partial charge in [-0.1, -0.05) is 0 Å². The molecule has 0 radical (unpaired) electrons. The third-order valence-electron chi connectivity index (χ3n) is 4.63. The highest BCUT2D eigenvalue weighted by molar-refractivity contribution is 4.98. The lowest BCUT2D eigenvalue weighted by Crippen LogP contribution is -2.62. The Morgan fingerprint density at radius 3 is 2.33 bits per heavy atom. The number of nitrogens with zero attached hydrogens (tertiary/aromatic N) is 1. The summed E-state index contributed by atoms with van der Waals surface area (Å²) in [4.78, 5) is 2.49. The molecule has 4 nitrogen and oxygen atoms in total. The summed E-state index contributed by atoms with van der Waals surface area (Å²) in [7, 11) is 3.51. The maximum atomic E-state index is 6.05. The van der Waals surface area contributed by atoms with Gasteiger partial charge >= 0.3 is 0 Å². The quantitative estimate of drug-likeness (QED) is 0.680. The molecular formula is C14H30N2O2. The zero-order valence-corrected chi connectivity index (χ0v) is 12.6. The second-order valence-corrected chi connectivity index (χ2v) is 5.70. The van der Waals surface area contributed by atoms with Crippen LogP contribution in [0.25, 0.3) is 0 Å². The Balaban J connectivity index is 2.82. The average Bonchev–Trinajstić information content (AvgIpc) is 3.21. The van der Waals surface area contributed by atoms with Crippen molar-refractivity contribution in [1.82, 2.24) is 4.90 Å². The van der Waals surface area contributed by atoms with Gasteiger partial charge in [0.15, 0.2) is 0 Å². The van der Waals surface area contributed by atoms with Crippen LogP contribution < -0.4 is 5.73 Å². The van der Waals surface area contributed by atoms with Gasteiger partial charge in [0.25, 0.3) is 0 Å². The van der Waals surface area contributed by atoms with Crippen molar-refractivity contribution >= 4 is 0 Å². The van der Waals surface area contributed by atoms with Crippen LogP contribution in [0.2, 0.25) is 0 Å². The summed E-state index contributed by atoms with van der Waals surface area (Å²) in [5, 5.41) is 0. The number of nitrogens with two attached hydrogens (primary N) is 1. The minimum Gasteiger partial charge on any atom is -0.383 e. The van der Waals surface area contributed by atoms with E-state index in [9.17, 15) is 0 Å². The molecule has 0 saturated heterocycles. The van der Waals surface area contributed by atoms with Crippen molar-refractivity contribution in [2.75, 3.05) is 33.9 Å². The molecule has 0 spiro atoms.